The molecule has 6 amide bonds. The van der Waals surface area contributed by atoms with Crippen LogP contribution in [-0.2, 0) is 41.6 Å². The third kappa shape index (κ3) is 12.7. The maximum atomic E-state index is 14.2. The number of carbonyl (C=O) groups excluding carboxylic acids is 6. The largest absolute Gasteiger partial charge is 0.497 e. The van der Waals surface area contributed by atoms with Crippen LogP contribution in [0.5, 0.6) is 11.5 Å². The van der Waals surface area contributed by atoms with E-state index in [1.807, 2.05) is 0 Å². The van der Waals surface area contributed by atoms with Crippen LogP contribution < -0.4 is 30.7 Å². The van der Waals surface area contributed by atoms with Crippen LogP contribution in [0, 0.1) is 11.8 Å². The zero-order chi connectivity index (χ0) is 39.5. The predicted octanol–water partition coefficient (Wildman–Crippen LogP) is 2.13. The molecule has 4 N–H and O–H groups in total. The van der Waals surface area contributed by atoms with Crippen molar-refractivity contribution in [3.05, 3.63) is 59.7 Å². The Bertz CT molecular complexity index is 1660. The fourth-order valence-electron chi connectivity index (χ4n) is 6.96. The molecule has 55 heavy (non-hydrogen) atoms. The van der Waals surface area contributed by atoms with Crippen molar-refractivity contribution in [1.82, 2.24) is 31.1 Å². The number of likely N-dealkylation sites (tertiary alicyclic amines) is 1. The highest BCUT2D eigenvalue weighted by Gasteiger charge is 2.34. The Morgan fingerprint density at radius 3 is 2.31 bits per heavy atom. The van der Waals surface area contributed by atoms with Crippen LogP contribution in [0.2, 0.25) is 0 Å². The molecule has 14 nitrogen and oxygen atoms in total. The second-order valence-electron chi connectivity index (χ2n) is 15.5. The summed E-state index contributed by atoms with van der Waals surface area (Å²) in [5, 5.41) is 11.5. The first kappa shape index (κ1) is 41.0. The molecule has 4 aliphatic rings. The first-order valence-corrected chi connectivity index (χ1v) is 19.5. The molecule has 0 radical (unpaired) electrons. The van der Waals surface area contributed by atoms with E-state index in [0.29, 0.717) is 37.4 Å². The van der Waals surface area contributed by atoms with Gasteiger partial charge in [0, 0.05) is 32.4 Å². The maximum Gasteiger partial charge on any atom is 0.245 e. The van der Waals surface area contributed by atoms with Crippen LogP contribution in [0.1, 0.15) is 70.4 Å². The summed E-state index contributed by atoms with van der Waals surface area (Å²) in [6.07, 6.45) is 4.66. The zero-order valence-electron chi connectivity index (χ0n) is 32.4. The van der Waals surface area contributed by atoms with Gasteiger partial charge in [0.25, 0.3) is 0 Å². The van der Waals surface area contributed by atoms with Gasteiger partial charge in [-0.05, 0) is 86.3 Å². The van der Waals surface area contributed by atoms with E-state index >= 15 is 0 Å². The predicted molar refractivity (Wildman–Crippen MR) is 205 cm³/mol. The third-order valence-corrected chi connectivity index (χ3v) is 10.1. The van der Waals surface area contributed by atoms with Gasteiger partial charge in [0.15, 0.2) is 0 Å². The number of methoxy groups -OCH3 is 1. The highest BCUT2D eigenvalue weighted by molar-refractivity contribution is 5.95. The molecule has 298 valence electrons. The molecule has 6 rings (SSSR count). The number of hydrogen-bond donors (Lipinski definition) is 4. The van der Waals surface area contributed by atoms with Crippen molar-refractivity contribution in [2.24, 2.45) is 11.8 Å². The van der Waals surface area contributed by atoms with Gasteiger partial charge in [-0.1, -0.05) is 38.1 Å². The van der Waals surface area contributed by atoms with E-state index in [4.69, 9.17) is 9.47 Å². The van der Waals surface area contributed by atoms with E-state index in [2.05, 4.69) is 35.1 Å². The van der Waals surface area contributed by atoms with E-state index in [1.165, 1.54) is 9.80 Å². The number of nitrogens with one attached hydrogen (secondary N) is 4. The van der Waals surface area contributed by atoms with Crippen molar-refractivity contribution in [2.75, 3.05) is 39.9 Å². The quantitative estimate of drug-likeness (QED) is 0.267. The van der Waals surface area contributed by atoms with Gasteiger partial charge in [-0.25, -0.2) is 0 Å². The molecule has 14 heteroatoms. The minimum Gasteiger partial charge on any atom is -0.497 e. The molecular formula is C41H56N6O8. The standard InChI is InChI=1S/C41H56N6O8/c1-26(2)19-31-25-55-33-16-12-29(13-17-33)20-34(44-37(49)23-46-18-6-5-7-38(46)50)40(52)45-35(21-28-10-14-32(54-4)15-11-28)39(51)42-27(3)41(53)47(22-30-8-9-30)24-36(48)43-31/h10-17,26-27,30-31,34-35H,5-9,18-25H2,1-4H3,(H,42,51)(H,43,48)(H,44,49)(H,45,52)/t27-,31+,34+,35+/m1/s1. The third-order valence-electron chi connectivity index (χ3n) is 10.1. The van der Waals surface area contributed by atoms with E-state index in [0.717, 1.165) is 36.8 Å². The molecule has 0 unspecified atom stereocenters. The molecule has 2 bridgehead atoms. The van der Waals surface area contributed by atoms with Crippen LogP contribution in [0.3, 0.4) is 0 Å². The van der Waals surface area contributed by atoms with Gasteiger partial charge in [-0.3, -0.25) is 28.8 Å². The van der Waals surface area contributed by atoms with Crippen molar-refractivity contribution in [3.63, 3.8) is 0 Å². The first-order valence-electron chi connectivity index (χ1n) is 19.5. The van der Waals surface area contributed by atoms with E-state index in [-0.39, 0.29) is 62.2 Å². The molecule has 1 saturated carbocycles. The second kappa shape index (κ2) is 19.4. The minimum atomic E-state index is -1.14. The second-order valence-corrected chi connectivity index (χ2v) is 15.5. The Labute approximate surface area is 323 Å². The number of ether oxygens (including phenoxy) is 2. The van der Waals surface area contributed by atoms with Gasteiger partial charge < -0.3 is 40.5 Å². The topological polar surface area (TPSA) is 175 Å². The molecule has 1 saturated heterocycles. The molecule has 0 aromatic heterocycles. The summed E-state index contributed by atoms with van der Waals surface area (Å²) in [6, 6.07) is 10.6. The molecule has 1 aliphatic carbocycles. The van der Waals surface area contributed by atoms with Gasteiger partial charge in [0.2, 0.25) is 35.4 Å². The number of piperidine rings is 1. The highest BCUT2D eigenvalue weighted by atomic mass is 16.5. The molecule has 2 aromatic rings. The molecule has 3 heterocycles. The smallest absolute Gasteiger partial charge is 0.245 e. The lowest BCUT2D eigenvalue weighted by Gasteiger charge is -2.29. The normalized spacial score (nSPS) is 23.4. The highest BCUT2D eigenvalue weighted by Crippen LogP contribution is 2.30. The van der Waals surface area contributed by atoms with Crippen molar-refractivity contribution in [3.8, 4) is 11.5 Å². The molecular weight excluding hydrogens is 704 g/mol. The van der Waals surface area contributed by atoms with E-state index in [1.54, 1.807) is 62.6 Å². The number of hydrogen-bond acceptors (Lipinski definition) is 8. The van der Waals surface area contributed by atoms with Gasteiger partial charge >= 0.3 is 0 Å². The Hall–Kier alpha value is -5.14. The fourth-order valence-corrected chi connectivity index (χ4v) is 6.96. The number of fused-ring (bicyclic) bond motifs is 17. The van der Waals surface area contributed by atoms with E-state index < -0.39 is 41.8 Å². The number of nitrogens with zero attached hydrogens (tertiary/aromatic N) is 2. The summed E-state index contributed by atoms with van der Waals surface area (Å²) in [6.45, 7) is 6.39. The number of carbonyl (C=O) groups is 6. The minimum absolute atomic E-state index is 0.0723. The summed E-state index contributed by atoms with van der Waals surface area (Å²) in [7, 11) is 1.55. The Morgan fingerprint density at radius 1 is 0.927 bits per heavy atom. The van der Waals surface area contributed by atoms with Crippen LogP contribution in [-0.4, -0.2) is 109 Å². The van der Waals surface area contributed by atoms with Gasteiger partial charge in [0.05, 0.1) is 26.2 Å². The maximum absolute atomic E-state index is 14.2. The van der Waals surface area contributed by atoms with Crippen molar-refractivity contribution in [2.45, 2.75) is 96.3 Å². The summed E-state index contributed by atoms with van der Waals surface area (Å²) < 4.78 is 11.4. The molecule has 2 fully saturated rings. The van der Waals surface area contributed by atoms with Crippen molar-refractivity contribution >= 4 is 35.4 Å². The van der Waals surface area contributed by atoms with Gasteiger partial charge in [0.1, 0.15) is 36.2 Å². The Morgan fingerprint density at radius 2 is 1.65 bits per heavy atom. The van der Waals surface area contributed by atoms with Crippen LogP contribution in [0.4, 0.5) is 0 Å². The van der Waals surface area contributed by atoms with Gasteiger partial charge in [-0.2, -0.15) is 0 Å². The summed E-state index contributed by atoms with van der Waals surface area (Å²) in [5.74, 6) is -0.801. The number of benzene rings is 2. The SMILES string of the molecule is COc1ccc(C[C@@H]2NC(=O)[C@@H](NC(=O)CN3CCCCC3=O)Cc3ccc(cc3)OC[C@H](CC(C)C)NC(=O)CN(CC3CC3)C(=O)[C@@H](C)NC2=O)cc1. The zero-order valence-corrected chi connectivity index (χ0v) is 32.4. The lowest BCUT2D eigenvalue weighted by atomic mass is 10.0. The Balaban J connectivity index is 1.45. The van der Waals surface area contributed by atoms with E-state index in [9.17, 15) is 28.8 Å². The fraction of sp³-hybridized carbons (Fsp3) is 0.561. The van der Waals surface area contributed by atoms with Gasteiger partial charge in [-0.15, -0.1) is 0 Å². The average Bonchev–Trinajstić information content (AvgIpc) is 3.98. The van der Waals surface area contributed by atoms with Crippen LogP contribution >= 0.6 is 0 Å². The molecule has 0 spiro atoms. The van der Waals surface area contributed by atoms with Crippen molar-refractivity contribution < 1.29 is 38.2 Å². The van der Waals surface area contributed by atoms with Crippen LogP contribution in [0.25, 0.3) is 0 Å². The van der Waals surface area contributed by atoms with Crippen LogP contribution in [0.15, 0.2) is 48.5 Å². The number of rotatable bonds is 10. The summed E-state index contributed by atoms with van der Waals surface area (Å²) in [4.78, 5) is 84.4. The Kier molecular flexibility index (Phi) is 14.5. The summed E-state index contributed by atoms with van der Waals surface area (Å²) >= 11 is 0. The molecule has 4 atom stereocenters. The lowest BCUT2D eigenvalue weighted by molar-refractivity contribution is -0.140. The monoisotopic (exact) mass is 760 g/mol. The lowest BCUT2D eigenvalue weighted by Crippen LogP contribution is -2.58. The average molecular weight is 761 g/mol. The molecule has 2 aromatic carbocycles. The molecule has 3 aliphatic heterocycles. The first-order chi connectivity index (χ1) is 26.4. The summed E-state index contributed by atoms with van der Waals surface area (Å²) in [5.41, 5.74) is 1.44. The van der Waals surface area contributed by atoms with Crippen molar-refractivity contribution in [1.29, 1.82) is 0 Å². The number of amides is 6.